The monoisotopic (exact) mass is 861 g/mol. The first-order valence-corrected chi connectivity index (χ1v) is 25.8. The Morgan fingerprint density at radius 2 is 1.81 bits per heavy atom. The Morgan fingerprint density at radius 1 is 0.983 bits per heavy atom. The zero-order valence-corrected chi connectivity index (χ0v) is 37.4. The van der Waals surface area contributed by atoms with Crippen molar-refractivity contribution in [3.05, 3.63) is 12.2 Å². The number of carbonyl (C=O) groups is 2. The molecule has 12 nitrogen and oxygen atoms in total. The SMILES string of the molecule is CC(=O)OC1CCC2CC(CN3CC(CC4CCNC(N)C4)(CCN=C(N)NC4(CCCC4)SSCCCCCCC(O)C1)CC3=O)C(O)C1OC3CCCC3C=CC21. The van der Waals surface area contributed by atoms with Gasteiger partial charge in [0.05, 0.1) is 35.5 Å². The largest absolute Gasteiger partial charge is 0.462 e. The van der Waals surface area contributed by atoms with Gasteiger partial charge in [-0.25, -0.2) is 0 Å². The lowest BCUT2D eigenvalue weighted by atomic mass is 9.68. The Balaban J connectivity index is 1.13. The molecule has 3 saturated carbocycles. The van der Waals surface area contributed by atoms with Crippen LogP contribution in [0.2, 0.25) is 0 Å². The number of rotatable bonds is 3. The van der Waals surface area contributed by atoms with Crippen molar-refractivity contribution in [2.24, 2.45) is 51.5 Å². The van der Waals surface area contributed by atoms with E-state index in [0.29, 0.717) is 63.1 Å². The van der Waals surface area contributed by atoms with E-state index < -0.39 is 12.2 Å². The third kappa shape index (κ3) is 12.3. The number of aliphatic hydroxyl groups is 2. The number of aliphatic imine (C=N–C) groups is 1. The van der Waals surface area contributed by atoms with Crippen molar-refractivity contribution < 1.29 is 29.3 Å². The van der Waals surface area contributed by atoms with Crippen molar-refractivity contribution in [1.82, 2.24) is 15.5 Å². The number of fused-ring (bicyclic) bond motifs is 7. The van der Waals surface area contributed by atoms with Crippen LogP contribution in [-0.2, 0) is 19.1 Å². The van der Waals surface area contributed by atoms with E-state index in [-0.39, 0.29) is 64.4 Å². The summed E-state index contributed by atoms with van der Waals surface area (Å²) in [5, 5.41) is 30.4. The van der Waals surface area contributed by atoms with Gasteiger partial charge in [-0.1, -0.05) is 72.3 Å². The van der Waals surface area contributed by atoms with Gasteiger partial charge in [-0.05, 0) is 107 Å². The zero-order chi connectivity index (χ0) is 41.4. The number of guanidine groups is 1. The minimum atomic E-state index is -0.696. The molecule has 0 aromatic heterocycles. The Morgan fingerprint density at radius 3 is 2.63 bits per heavy atom. The summed E-state index contributed by atoms with van der Waals surface area (Å²) in [6.45, 7) is 4.04. The summed E-state index contributed by atoms with van der Waals surface area (Å²) in [7, 11) is 3.84. The molecule has 1 spiro atoms. The van der Waals surface area contributed by atoms with Crippen LogP contribution >= 0.6 is 21.6 Å². The number of aliphatic hydroxyl groups excluding tert-OH is 2. The maximum atomic E-state index is 14.2. The van der Waals surface area contributed by atoms with Crippen LogP contribution < -0.4 is 22.1 Å². The Hall–Kier alpha value is -1.55. The molecule has 4 bridgehead atoms. The number of nitrogens with one attached hydrogen (secondary N) is 2. The first-order valence-electron chi connectivity index (χ1n) is 23.5. The summed E-state index contributed by atoms with van der Waals surface area (Å²) in [5.74, 6) is 2.27. The molecule has 3 aliphatic carbocycles. The molecule has 8 N–H and O–H groups in total. The summed E-state index contributed by atoms with van der Waals surface area (Å²) in [6.07, 6.45) is 22.2. The number of hydrogen-bond donors (Lipinski definition) is 6. The number of carbonyl (C=O) groups excluding carboxylic acids is 2. The molecule has 4 heterocycles. The Bertz CT molecular complexity index is 1450. The van der Waals surface area contributed by atoms with Gasteiger partial charge in [0.15, 0.2) is 5.96 Å². The number of piperidine rings is 1. The average molecular weight is 861 g/mol. The molecule has 14 heteroatoms. The molecule has 12 atom stereocenters. The molecule has 7 rings (SSSR count). The third-order valence-electron chi connectivity index (χ3n) is 15.0. The zero-order valence-electron chi connectivity index (χ0n) is 35.8. The minimum Gasteiger partial charge on any atom is -0.462 e. The highest BCUT2D eigenvalue weighted by Gasteiger charge is 2.50. The molecule has 7 aliphatic rings. The van der Waals surface area contributed by atoms with Crippen LogP contribution in [-0.4, -0.2) is 106 Å². The molecule has 0 radical (unpaired) electrons. The number of amides is 1. The summed E-state index contributed by atoms with van der Waals surface area (Å²) in [4.78, 5) is 33.4. The van der Waals surface area contributed by atoms with Crippen molar-refractivity contribution in [1.29, 1.82) is 0 Å². The highest BCUT2D eigenvalue weighted by molar-refractivity contribution is 8.77. The Kier molecular flexibility index (Phi) is 16.4. The molecule has 1 amide bonds. The second-order valence-electron chi connectivity index (χ2n) is 19.7. The number of nitrogens with zero attached hydrogens (tertiary/aromatic N) is 2. The molecule has 334 valence electrons. The second kappa shape index (κ2) is 21.2. The van der Waals surface area contributed by atoms with Gasteiger partial charge in [-0.2, -0.15) is 0 Å². The van der Waals surface area contributed by atoms with Gasteiger partial charge < -0.3 is 46.7 Å². The fourth-order valence-electron chi connectivity index (χ4n) is 12.1. The van der Waals surface area contributed by atoms with Crippen molar-refractivity contribution >= 4 is 39.4 Å². The van der Waals surface area contributed by atoms with Crippen LogP contribution in [0.15, 0.2) is 17.1 Å². The third-order valence-corrected chi connectivity index (χ3v) is 18.3. The van der Waals surface area contributed by atoms with E-state index in [9.17, 15) is 19.8 Å². The van der Waals surface area contributed by atoms with Crippen molar-refractivity contribution in [2.75, 3.05) is 31.9 Å². The topological polar surface area (TPSA) is 185 Å². The molecule has 4 aliphatic heterocycles. The Labute approximate surface area is 361 Å². The van der Waals surface area contributed by atoms with Gasteiger partial charge >= 0.3 is 5.97 Å². The molecule has 2 saturated heterocycles. The second-order valence-corrected chi connectivity index (χ2v) is 22.5. The van der Waals surface area contributed by atoms with Gasteiger partial charge in [0.25, 0.3) is 0 Å². The smallest absolute Gasteiger partial charge is 0.302 e. The highest BCUT2D eigenvalue weighted by atomic mass is 33.1. The van der Waals surface area contributed by atoms with Crippen molar-refractivity contribution in [2.45, 2.75) is 183 Å². The molecule has 0 aromatic carbocycles. The van der Waals surface area contributed by atoms with E-state index in [0.717, 1.165) is 109 Å². The highest BCUT2D eigenvalue weighted by Crippen LogP contribution is 2.48. The lowest BCUT2D eigenvalue weighted by molar-refractivity contribution is -0.154. The van der Waals surface area contributed by atoms with E-state index in [1.807, 2.05) is 26.5 Å². The molecular formula is C45H76N6O6S2. The lowest BCUT2D eigenvalue weighted by Crippen LogP contribution is -2.52. The number of esters is 1. The maximum absolute atomic E-state index is 14.2. The van der Waals surface area contributed by atoms with Crippen LogP contribution in [0.25, 0.3) is 0 Å². The molecule has 59 heavy (non-hydrogen) atoms. The maximum Gasteiger partial charge on any atom is 0.302 e. The first-order chi connectivity index (χ1) is 28.5. The van der Waals surface area contributed by atoms with Gasteiger partial charge in [0.2, 0.25) is 5.91 Å². The van der Waals surface area contributed by atoms with Crippen molar-refractivity contribution in [3.8, 4) is 0 Å². The van der Waals surface area contributed by atoms with Gasteiger partial charge in [0, 0.05) is 62.9 Å². The van der Waals surface area contributed by atoms with E-state index >= 15 is 0 Å². The van der Waals surface area contributed by atoms with Crippen LogP contribution in [0.3, 0.4) is 0 Å². The van der Waals surface area contributed by atoms with Crippen LogP contribution in [0.4, 0.5) is 0 Å². The summed E-state index contributed by atoms with van der Waals surface area (Å²) >= 11 is 0. The molecular weight excluding hydrogens is 785 g/mol. The fourth-order valence-corrected chi connectivity index (χ4v) is 15.2. The quantitative estimate of drug-likeness (QED) is 0.111. The first kappa shape index (κ1) is 45.5. The fraction of sp³-hybridized carbons (Fsp3) is 0.889. The number of ether oxygens (including phenoxy) is 2. The van der Waals surface area contributed by atoms with Gasteiger partial charge in [0.1, 0.15) is 6.10 Å². The normalized spacial score (nSPS) is 40.7. The molecule has 12 unspecified atom stereocenters. The predicted molar refractivity (Wildman–Crippen MR) is 237 cm³/mol. The number of nitrogens with two attached hydrogens (primary N) is 2. The van der Waals surface area contributed by atoms with Crippen LogP contribution in [0.1, 0.15) is 142 Å². The van der Waals surface area contributed by atoms with Crippen LogP contribution in [0.5, 0.6) is 0 Å². The van der Waals surface area contributed by atoms with E-state index in [2.05, 4.69) is 22.8 Å². The molecule has 0 aromatic rings. The number of hydrogen-bond acceptors (Lipinski definition) is 13. The van der Waals surface area contributed by atoms with Gasteiger partial charge in [-0.15, -0.1) is 0 Å². The van der Waals surface area contributed by atoms with E-state index in [1.54, 1.807) is 0 Å². The summed E-state index contributed by atoms with van der Waals surface area (Å²) < 4.78 is 12.8. The predicted octanol–water partition coefficient (Wildman–Crippen LogP) is 5.99. The van der Waals surface area contributed by atoms with Crippen molar-refractivity contribution in [3.63, 3.8) is 0 Å². The van der Waals surface area contributed by atoms with E-state index in [1.165, 1.54) is 19.8 Å². The average Bonchev–Trinajstić information content (AvgIpc) is 3.88. The van der Waals surface area contributed by atoms with E-state index in [4.69, 9.17) is 25.9 Å². The van der Waals surface area contributed by atoms with Crippen LogP contribution in [0, 0.1) is 35.0 Å². The molecule has 5 fully saturated rings. The summed E-state index contributed by atoms with van der Waals surface area (Å²) in [6, 6.07) is 0. The lowest BCUT2D eigenvalue weighted by Gasteiger charge is -2.46. The summed E-state index contributed by atoms with van der Waals surface area (Å²) in [5.41, 5.74) is 12.8. The minimum absolute atomic E-state index is 0.0308. The van der Waals surface area contributed by atoms with Gasteiger partial charge in [-0.3, -0.25) is 14.6 Å². The standard InChI is InChI=1S/C45H76N6O6S2/c1-30(52)56-36-14-12-33-24-34(41(55)42-37(33)15-13-32-9-8-11-38(32)57-42)28-51-29-44(27-40(51)54,26-31-16-20-48-39(46)23-31)19-21-49-43(47)50-45(17-5-6-18-45)59-58-22-7-3-2-4-10-35(53)25-36/h13,15,31-39,41-42,48,53,55H,2-12,14,16-29,46H2,1H3,(H3,47,49,50).